The van der Waals surface area contributed by atoms with Crippen LogP contribution in [-0.2, 0) is 19.6 Å². The average Bonchev–Trinajstić information content (AvgIpc) is 2.26. The van der Waals surface area contributed by atoms with Crippen LogP contribution in [0, 0.1) is 11.3 Å². The third kappa shape index (κ3) is 5.09. The van der Waals surface area contributed by atoms with E-state index in [9.17, 15) is 13.2 Å². The molecule has 16 heavy (non-hydrogen) atoms. The van der Waals surface area contributed by atoms with Gasteiger partial charge in [-0.3, -0.25) is 4.79 Å². The normalized spacial score (nSPS) is 11.1. The first-order valence-corrected chi connectivity index (χ1v) is 6.50. The second kappa shape index (κ2) is 7.19. The fourth-order valence-electron chi connectivity index (χ4n) is 1.11. The van der Waals surface area contributed by atoms with Crippen LogP contribution in [0.3, 0.4) is 0 Å². The van der Waals surface area contributed by atoms with Crippen molar-refractivity contribution in [1.29, 1.82) is 5.26 Å². The average molecular weight is 248 g/mol. The molecule has 0 aliphatic carbocycles. The van der Waals surface area contributed by atoms with Gasteiger partial charge < -0.3 is 4.74 Å². The van der Waals surface area contributed by atoms with E-state index < -0.39 is 16.0 Å². The smallest absolute Gasteiger partial charge is 0.306 e. The molecule has 0 bridgehead atoms. The Morgan fingerprint density at radius 2 is 2.12 bits per heavy atom. The number of rotatable bonds is 7. The molecule has 0 aromatic rings. The Hall–Kier alpha value is -1.13. The van der Waals surface area contributed by atoms with Crippen molar-refractivity contribution < 1.29 is 17.9 Å². The van der Waals surface area contributed by atoms with Crippen LogP contribution in [0.25, 0.3) is 0 Å². The molecular weight excluding hydrogens is 232 g/mol. The van der Waals surface area contributed by atoms with Gasteiger partial charge in [-0.25, -0.2) is 12.7 Å². The van der Waals surface area contributed by atoms with Gasteiger partial charge in [0.1, 0.15) is 0 Å². The molecule has 0 N–H and O–H groups in total. The molecule has 0 rings (SSSR count). The zero-order valence-electron chi connectivity index (χ0n) is 9.47. The molecule has 0 aromatic heterocycles. The molecule has 7 heteroatoms. The van der Waals surface area contributed by atoms with Crippen molar-refractivity contribution in [3.8, 4) is 6.07 Å². The molecular formula is C9H16N2O4S. The SMILES string of the molecule is CCN(CCC#N)S(=O)(=O)CCC(=O)OC. The van der Waals surface area contributed by atoms with Crippen molar-refractivity contribution in [1.82, 2.24) is 4.31 Å². The van der Waals surface area contributed by atoms with E-state index in [0.29, 0.717) is 6.54 Å². The Labute approximate surface area is 95.8 Å². The Balaban J connectivity index is 4.38. The van der Waals surface area contributed by atoms with Gasteiger partial charge in [0.2, 0.25) is 10.0 Å². The van der Waals surface area contributed by atoms with Crippen molar-refractivity contribution >= 4 is 16.0 Å². The topological polar surface area (TPSA) is 87.5 Å². The van der Waals surface area contributed by atoms with Gasteiger partial charge in [-0.2, -0.15) is 5.26 Å². The number of ether oxygens (including phenoxy) is 1. The van der Waals surface area contributed by atoms with Crippen LogP contribution in [0.5, 0.6) is 0 Å². The maximum Gasteiger partial charge on any atom is 0.306 e. The van der Waals surface area contributed by atoms with Gasteiger partial charge in [-0.05, 0) is 0 Å². The highest BCUT2D eigenvalue weighted by Crippen LogP contribution is 2.04. The van der Waals surface area contributed by atoms with E-state index >= 15 is 0 Å². The van der Waals surface area contributed by atoms with Gasteiger partial charge >= 0.3 is 5.97 Å². The second-order valence-corrected chi connectivity index (χ2v) is 5.13. The van der Waals surface area contributed by atoms with Crippen molar-refractivity contribution in [2.45, 2.75) is 19.8 Å². The molecule has 0 fully saturated rings. The van der Waals surface area contributed by atoms with Crippen LogP contribution in [0.15, 0.2) is 0 Å². The molecule has 0 radical (unpaired) electrons. The molecule has 0 amide bonds. The minimum atomic E-state index is -3.47. The summed E-state index contributed by atoms with van der Waals surface area (Å²) in [5.41, 5.74) is 0. The highest BCUT2D eigenvalue weighted by molar-refractivity contribution is 7.89. The summed E-state index contributed by atoms with van der Waals surface area (Å²) in [5.74, 6) is -0.834. The third-order valence-electron chi connectivity index (χ3n) is 2.01. The molecule has 0 aliphatic heterocycles. The monoisotopic (exact) mass is 248 g/mol. The van der Waals surface area contributed by atoms with Crippen LogP contribution < -0.4 is 0 Å². The first-order valence-electron chi connectivity index (χ1n) is 4.89. The molecule has 6 nitrogen and oxygen atoms in total. The molecule has 0 saturated heterocycles. The molecule has 0 unspecified atom stereocenters. The Morgan fingerprint density at radius 1 is 1.50 bits per heavy atom. The zero-order valence-corrected chi connectivity index (χ0v) is 10.3. The van der Waals surface area contributed by atoms with Gasteiger partial charge in [0.15, 0.2) is 0 Å². The largest absolute Gasteiger partial charge is 0.469 e. The Kier molecular flexibility index (Phi) is 6.69. The standard InChI is InChI=1S/C9H16N2O4S/c1-3-11(7-4-6-10)16(13,14)8-5-9(12)15-2/h3-5,7-8H2,1-2H3. The fraction of sp³-hybridized carbons (Fsp3) is 0.778. The van der Waals surface area contributed by atoms with E-state index in [1.807, 2.05) is 6.07 Å². The quantitative estimate of drug-likeness (QED) is 0.597. The fourth-order valence-corrected chi connectivity index (χ4v) is 2.56. The predicted molar refractivity (Wildman–Crippen MR) is 57.9 cm³/mol. The summed E-state index contributed by atoms with van der Waals surface area (Å²) in [5, 5.41) is 8.39. The third-order valence-corrected chi connectivity index (χ3v) is 3.96. The van der Waals surface area contributed by atoms with Gasteiger partial charge in [-0.15, -0.1) is 0 Å². The van der Waals surface area contributed by atoms with Crippen LogP contribution >= 0.6 is 0 Å². The van der Waals surface area contributed by atoms with E-state index in [-0.39, 0.29) is 25.1 Å². The van der Waals surface area contributed by atoms with Crippen LogP contribution in [0.2, 0.25) is 0 Å². The Bertz CT molecular complexity index is 358. The van der Waals surface area contributed by atoms with Crippen LogP contribution in [-0.4, -0.2) is 44.6 Å². The number of sulfonamides is 1. The van der Waals surface area contributed by atoms with Crippen molar-refractivity contribution in [2.24, 2.45) is 0 Å². The summed E-state index contributed by atoms with van der Waals surface area (Å²) < 4.78 is 29.0. The summed E-state index contributed by atoms with van der Waals surface area (Å²) in [6.45, 7) is 2.15. The van der Waals surface area contributed by atoms with Crippen LogP contribution in [0.4, 0.5) is 0 Å². The molecule has 0 heterocycles. The predicted octanol–water partition coefficient (Wildman–Crippen LogP) is 0.115. The summed E-state index contributed by atoms with van der Waals surface area (Å²) in [4.78, 5) is 10.8. The minimum absolute atomic E-state index is 0.144. The first kappa shape index (κ1) is 14.9. The number of nitriles is 1. The first-order chi connectivity index (χ1) is 7.47. The van der Waals surface area contributed by atoms with E-state index in [0.717, 1.165) is 0 Å². The lowest BCUT2D eigenvalue weighted by Gasteiger charge is -2.18. The maximum absolute atomic E-state index is 11.7. The van der Waals surface area contributed by atoms with E-state index in [2.05, 4.69) is 4.74 Å². The number of hydrogen-bond donors (Lipinski definition) is 0. The molecule has 0 aromatic carbocycles. The van der Waals surface area contributed by atoms with Gasteiger partial charge in [-0.1, -0.05) is 6.92 Å². The Morgan fingerprint density at radius 3 is 2.56 bits per heavy atom. The van der Waals surface area contributed by atoms with Crippen molar-refractivity contribution in [3.63, 3.8) is 0 Å². The summed E-state index contributed by atoms with van der Waals surface area (Å²) in [7, 11) is -2.26. The molecule has 0 spiro atoms. The number of hydrogen-bond acceptors (Lipinski definition) is 5. The molecule has 92 valence electrons. The number of carbonyl (C=O) groups excluding carboxylic acids is 1. The van der Waals surface area contributed by atoms with E-state index in [1.165, 1.54) is 11.4 Å². The summed E-state index contributed by atoms with van der Waals surface area (Å²) in [6, 6.07) is 1.88. The number of nitrogens with zero attached hydrogens (tertiary/aromatic N) is 2. The minimum Gasteiger partial charge on any atom is -0.469 e. The second-order valence-electron chi connectivity index (χ2n) is 3.04. The lowest BCUT2D eigenvalue weighted by atomic mass is 10.5. The lowest BCUT2D eigenvalue weighted by Crippen LogP contribution is -2.34. The highest BCUT2D eigenvalue weighted by Gasteiger charge is 2.21. The van der Waals surface area contributed by atoms with Crippen molar-refractivity contribution in [2.75, 3.05) is 26.0 Å². The van der Waals surface area contributed by atoms with Gasteiger partial charge in [0.05, 0.1) is 25.4 Å². The summed E-state index contributed by atoms with van der Waals surface area (Å²) >= 11 is 0. The van der Waals surface area contributed by atoms with Gasteiger partial charge in [0.25, 0.3) is 0 Å². The van der Waals surface area contributed by atoms with Gasteiger partial charge in [0, 0.05) is 19.5 Å². The molecule has 0 saturated carbocycles. The number of esters is 1. The lowest BCUT2D eigenvalue weighted by molar-refractivity contribution is -0.140. The van der Waals surface area contributed by atoms with E-state index in [4.69, 9.17) is 5.26 Å². The van der Waals surface area contributed by atoms with Crippen LogP contribution in [0.1, 0.15) is 19.8 Å². The van der Waals surface area contributed by atoms with Crippen molar-refractivity contribution in [3.05, 3.63) is 0 Å². The number of carbonyl (C=O) groups is 1. The molecule has 0 atom stereocenters. The van der Waals surface area contributed by atoms with E-state index in [1.54, 1.807) is 6.92 Å². The summed E-state index contributed by atoms with van der Waals surface area (Å²) in [6.07, 6.45) is -0.0207. The highest BCUT2D eigenvalue weighted by atomic mass is 32.2. The number of methoxy groups -OCH3 is 1. The maximum atomic E-state index is 11.7. The molecule has 0 aliphatic rings. The zero-order chi connectivity index (χ0) is 12.6.